The van der Waals surface area contributed by atoms with Crippen molar-refractivity contribution in [3.05, 3.63) is 60.2 Å². The van der Waals surface area contributed by atoms with Crippen LogP contribution in [-0.2, 0) is 14.6 Å². The van der Waals surface area contributed by atoms with E-state index in [4.69, 9.17) is 0 Å². The Morgan fingerprint density at radius 1 is 1.17 bits per heavy atom. The molecule has 1 aliphatic heterocycles. The topological polar surface area (TPSA) is 90.3 Å². The largest absolute Gasteiger partial charge is 0.341 e. The molecule has 0 saturated carbocycles. The average molecular weight is 433 g/mol. The summed E-state index contributed by atoms with van der Waals surface area (Å²) in [6.07, 6.45) is 1.68. The zero-order valence-corrected chi connectivity index (χ0v) is 16.9. The van der Waals surface area contributed by atoms with E-state index in [9.17, 15) is 27.3 Å². The molecule has 1 N–H and O–H groups in total. The summed E-state index contributed by atoms with van der Waals surface area (Å²) < 4.78 is 48.1. The number of halogens is 2. The van der Waals surface area contributed by atoms with Crippen molar-refractivity contribution in [2.24, 2.45) is 0 Å². The maximum atomic E-state index is 12.6. The standard InChI is InChI=1S/C21H21F2N3O3S/c22-21(23)30(28,29)17-10-8-16(9-11-17)25-20(27)14-26-12-4-7-19(26)18(13-24)15-5-2-1-3-6-15/h1-3,5-6,8-11,18-19,21H,4,7,12,14H2,(H,25,27)/t18-,19-/m0/s1. The molecule has 1 aliphatic rings. The van der Waals surface area contributed by atoms with Crippen LogP contribution in [0.3, 0.4) is 0 Å². The summed E-state index contributed by atoms with van der Waals surface area (Å²) in [7, 11) is -4.67. The third-order valence-electron chi connectivity index (χ3n) is 5.14. The molecule has 1 fully saturated rings. The molecule has 158 valence electrons. The number of likely N-dealkylation sites (tertiary alicyclic amines) is 1. The number of carbonyl (C=O) groups is 1. The molecule has 0 radical (unpaired) electrons. The van der Waals surface area contributed by atoms with Gasteiger partial charge in [-0.25, -0.2) is 8.42 Å². The number of hydrogen-bond acceptors (Lipinski definition) is 5. The van der Waals surface area contributed by atoms with E-state index >= 15 is 0 Å². The summed E-state index contributed by atoms with van der Waals surface area (Å²) in [5, 5.41) is 12.3. The van der Waals surface area contributed by atoms with Crippen molar-refractivity contribution >= 4 is 21.4 Å². The first-order valence-corrected chi connectivity index (χ1v) is 11.0. The monoisotopic (exact) mass is 433 g/mol. The Labute approximate surface area is 174 Å². The van der Waals surface area contributed by atoms with E-state index in [0.717, 1.165) is 30.5 Å². The lowest BCUT2D eigenvalue weighted by molar-refractivity contribution is -0.117. The molecule has 2 aromatic rings. The van der Waals surface area contributed by atoms with Gasteiger partial charge in [-0.15, -0.1) is 0 Å². The minimum Gasteiger partial charge on any atom is -0.325 e. The summed E-state index contributed by atoms with van der Waals surface area (Å²) in [6.45, 7) is 0.765. The molecule has 30 heavy (non-hydrogen) atoms. The smallest absolute Gasteiger partial charge is 0.325 e. The fraction of sp³-hybridized carbons (Fsp3) is 0.333. The molecule has 0 aliphatic carbocycles. The van der Waals surface area contributed by atoms with E-state index in [1.165, 1.54) is 12.1 Å². The number of rotatable bonds is 7. The van der Waals surface area contributed by atoms with Crippen molar-refractivity contribution in [2.45, 2.75) is 35.5 Å². The van der Waals surface area contributed by atoms with Gasteiger partial charge in [-0.2, -0.15) is 14.0 Å². The Balaban J connectivity index is 1.65. The Kier molecular flexibility index (Phi) is 6.80. The van der Waals surface area contributed by atoms with Gasteiger partial charge in [0.2, 0.25) is 15.7 Å². The van der Waals surface area contributed by atoms with Crippen LogP contribution in [0.5, 0.6) is 0 Å². The number of hydrogen-bond donors (Lipinski definition) is 1. The molecular weight excluding hydrogens is 412 g/mol. The number of benzene rings is 2. The molecule has 0 unspecified atom stereocenters. The molecule has 0 aromatic heterocycles. The first kappa shape index (κ1) is 21.9. The van der Waals surface area contributed by atoms with Gasteiger partial charge in [0.15, 0.2) is 0 Å². The van der Waals surface area contributed by atoms with Crippen molar-refractivity contribution < 1.29 is 22.0 Å². The van der Waals surface area contributed by atoms with Gasteiger partial charge in [0.05, 0.1) is 23.4 Å². The molecule has 6 nitrogen and oxygen atoms in total. The second-order valence-corrected chi connectivity index (χ2v) is 8.99. The molecule has 3 rings (SSSR count). The summed E-state index contributed by atoms with van der Waals surface area (Å²) in [5.74, 6) is -4.17. The van der Waals surface area contributed by atoms with Crippen molar-refractivity contribution in [1.29, 1.82) is 5.26 Å². The Morgan fingerprint density at radius 2 is 1.83 bits per heavy atom. The van der Waals surface area contributed by atoms with Crippen LogP contribution in [0, 0.1) is 11.3 Å². The van der Waals surface area contributed by atoms with E-state index < -0.39 is 20.5 Å². The van der Waals surface area contributed by atoms with Crippen LogP contribution in [0.1, 0.15) is 24.3 Å². The molecule has 9 heteroatoms. The highest BCUT2D eigenvalue weighted by Gasteiger charge is 2.33. The molecule has 2 aromatic carbocycles. The molecule has 1 heterocycles. The van der Waals surface area contributed by atoms with E-state index in [2.05, 4.69) is 11.4 Å². The highest BCUT2D eigenvalue weighted by atomic mass is 32.2. The van der Waals surface area contributed by atoms with Crippen LogP contribution in [0.25, 0.3) is 0 Å². The summed E-state index contributed by atoms with van der Waals surface area (Å²) in [5.41, 5.74) is 1.22. The third-order valence-corrected chi connectivity index (χ3v) is 6.54. The number of amides is 1. The SMILES string of the molecule is N#C[C@@H](c1ccccc1)[C@@H]1CCCN1CC(=O)Nc1ccc(S(=O)(=O)C(F)F)cc1. The molecule has 2 atom stereocenters. The quantitative estimate of drug-likeness (QED) is 0.723. The number of anilines is 1. The van der Waals surface area contributed by atoms with E-state index in [0.29, 0.717) is 12.2 Å². The van der Waals surface area contributed by atoms with Crippen molar-refractivity contribution in [3.8, 4) is 6.07 Å². The number of carbonyl (C=O) groups excluding carboxylic acids is 1. The van der Waals surface area contributed by atoms with Crippen LogP contribution >= 0.6 is 0 Å². The molecule has 0 bridgehead atoms. The summed E-state index contributed by atoms with van der Waals surface area (Å²) in [6, 6.07) is 16.3. The van der Waals surface area contributed by atoms with Gasteiger partial charge in [0, 0.05) is 11.7 Å². The first-order chi connectivity index (χ1) is 14.3. The fourth-order valence-corrected chi connectivity index (χ4v) is 4.41. The number of sulfone groups is 1. The lowest BCUT2D eigenvalue weighted by Crippen LogP contribution is -2.39. The molecule has 1 amide bonds. The van der Waals surface area contributed by atoms with Crippen molar-refractivity contribution in [1.82, 2.24) is 4.90 Å². The first-order valence-electron chi connectivity index (χ1n) is 9.43. The molecular formula is C21H21F2N3O3S. The van der Waals surface area contributed by atoms with Gasteiger partial charge >= 0.3 is 5.76 Å². The molecule has 0 spiro atoms. The molecule has 1 saturated heterocycles. The fourth-order valence-electron chi connectivity index (χ4n) is 3.68. The van der Waals surface area contributed by atoms with Crippen LogP contribution in [0.4, 0.5) is 14.5 Å². The Morgan fingerprint density at radius 3 is 2.43 bits per heavy atom. The van der Waals surface area contributed by atoms with Gasteiger partial charge in [0.25, 0.3) is 0 Å². The summed E-state index contributed by atoms with van der Waals surface area (Å²) >= 11 is 0. The van der Waals surface area contributed by atoms with Crippen LogP contribution in [0.2, 0.25) is 0 Å². The number of nitrogens with zero attached hydrogens (tertiary/aromatic N) is 2. The van der Waals surface area contributed by atoms with Crippen LogP contribution < -0.4 is 5.32 Å². The van der Waals surface area contributed by atoms with Crippen molar-refractivity contribution in [3.63, 3.8) is 0 Å². The normalized spacial score (nSPS) is 18.1. The predicted octanol–water partition coefficient (Wildman–Crippen LogP) is 3.39. The van der Waals surface area contributed by atoms with E-state index in [1.807, 2.05) is 35.2 Å². The van der Waals surface area contributed by atoms with Crippen LogP contribution in [0.15, 0.2) is 59.5 Å². The second kappa shape index (κ2) is 9.32. The zero-order chi connectivity index (χ0) is 21.7. The highest BCUT2D eigenvalue weighted by Crippen LogP contribution is 2.30. The number of nitrogens with one attached hydrogen (secondary N) is 1. The van der Waals surface area contributed by atoms with Crippen LogP contribution in [-0.4, -0.2) is 44.1 Å². The highest BCUT2D eigenvalue weighted by molar-refractivity contribution is 7.91. The van der Waals surface area contributed by atoms with E-state index in [1.54, 1.807) is 0 Å². The lowest BCUT2D eigenvalue weighted by Gasteiger charge is -2.27. The van der Waals surface area contributed by atoms with Gasteiger partial charge in [-0.1, -0.05) is 30.3 Å². The van der Waals surface area contributed by atoms with Gasteiger partial charge in [-0.3, -0.25) is 9.69 Å². The van der Waals surface area contributed by atoms with Gasteiger partial charge in [-0.05, 0) is 49.2 Å². The summed E-state index contributed by atoms with van der Waals surface area (Å²) in [4.78, 5) is 13.9. The maximum absolute atomic E-state index is 12.6. The van der Waals surface area contributed by atoms with Gasteiger partial charge in [0.1, 0.15) is 0 Å². The Hall–Kier alpha value is -2.83. The zero-order valence-electron chi connectivity index (χ0n) is 16.0. The predicted molar refractivity (Wildman–Crippen MR) is 108 cm³/mol. The third kappa shape index (κ3) is 4.83. The second-order valence-electron chi connectivity index (χ2n) is 7.08. The average Bonchev–Trinajstić information content (AvgIpc) is 3.17. The number of alkyl halides is 2. The minimum absolute atomic E-state index is 0.0762. The Bertz CT molecular complexity index is 1020. The van der Waals surface area contributed by atoms with Gasteiger partial charge < -0.3 is 5.32 Å². The van der Waals surface area contributed by atoms with E-state index in [-0.39, 0.29) is 24.4 Å². The van der Waals surface area contributed by atoms with Crippen molar-refractivity contribution in [2.75, 3.05) is 18.4 Å². The maximum Gasteiger partial charge on any atom is 0.341 e. The lowest BCUT2D eigenvalue weighted by atomic mass is 9.91. The minimum atomic E-state index is -4.67. The number of nitriles is 1.